The summed E-state index contributed by atoms with van der Waals surface area (Å²) in [5.74, 6) is 1.13. The van der Waals surface area contributed by atoms with Gasteiger partial charge in [0.2, 0.25) is 4.96 Å². The van der Waals surface area contributed by atoms with Crippen LogP contribution in [0.5, 0.6) is 0 Å². The van der Waals surface area contributed by atoms with Gasteiger partial charge in [-0.25, -0.2) is 4.39 Å². The summed E-state index contributed by atoms with van der Waals surface area (Å²) in [6.45, 7) is 4.27. The summed E-state index contributed by atoms with van der Waals surface area (Å²) >= 11 is 1.46. The standard InChI is InChI=1S/C13H13FN4S/c1-8(2)7-11-15-16-13-18(11)17-12(19-13)9-3-5-10(14)6-4-9/h3-6,8H,7H2,1-2H3. The molecule has 0 fully saturated rings. The molecule has 19 heavy (non-hydrogen) atoms. The van der Waals surface area contributed by atoms with Crippen molar-refractivity contribution in [2.75, 3.05) is 0 Å². The summed E-state index contributed by atoms with van der Waals surface area (Å²) < 4.78 is 14.7. The molecule has 0 unspecified atom stereocenters. The van der Waals surface area contributed by atoms with Crippen molar-refractivity contribution >= 4 is 16.3 Å². The van der Waals surface area contributed by atoms with Crippen LogP contribution in [0.3, 0.4) is 0 Å². The van der Waals surface area contributed by atoms with Crippen LogP contribution in [0.15, 0.2) is 24.3 Å². The highest BCUT2D eigenvalue weighted by atomic mass is 32.1. The first-order valence-corrected chi connectivity index (χ1v) is 6.92. The minimum Gasteiger partial charge on any atom is -0.207 e. The molecule has 4 nitrogen and oxygen atoms in total. The average Bonchev–Trinajstić information content (AvgIpc) is 2.92. The second-order valence-corrected chi connectivity index (χ2v) is 5.78. The van der Waals surface area contributed by atoms with Crippen molar-refractivity contribution in [2.24, 2.45) is 5.92 Å². The van der Waals surface area contributed by atoms with Crippen LogP contribution in [0.4, 0.5) is 4.39 Å². The van der Waals surface area contributed by atoms with Gasteiger partial charge in [0.15, 0.2) is 5.82 Å². The zero-order chi connectivity index (χ0) is 13.4. The summed E-state index contributed by atoms with van der Waals surface area (Å²) in [5.41, 5.74) is 0.896. The lowest BCUT2D eigenvalue weighted by atomic mass is 10.1. The lowest BCUT2D eigenvalue weighted by molar-refractivity contribution is 0.607. The third-order valence-electron chi connectivity index (χ3n) is 2.74. The molecule has 0 aliphatic heterocycles. The molecular formula is C13H13FN4S. The monoisotopic (exact) mass is 276 g/mol. The maximum absolute atomic E-state index is 12.9. The summed E-state index contributed by atoms with van der Waals surface area (Å²) in [6, 6.07) is 6.33. The highest BCUT2D eigenvalue weighted by molar-refractivity contribution is 7.19. The van der Waals surface area contributed by atoms with Gasteiger partial charge in [-0.2, -0.15) is 9.61 Å². The maximum Gasteiger partial charge on any atom is 0.234 e. The zero-order valence-corrected chi connectivity index (χ0v) is 11.5. The average molecular weight is 276 g/mol. The highest BCUT2D eigenvalue weighted by Crippen LogP contribution is 2.25. The molecule has 2 aromatic heterocycles. The van der Waals surface area contributed by atoms with Crippen LogP contribution in [0.1, 0.15) is 19.7 Å². The molecule has 0 bridgehead atoms. The molecule has 0 atom stereocenters. The molecule has 1 aromatic carbocycles. The molecule has 0 saturated carbocycles. The number of nitrogens with zero attached hydrogens (tertiary/aromatic N) is 4. The van der Waals surface area contributed by atoms with E-state index in [1.54, 1.807) is 16.6 Å². The fourth-order valence-electron chi connectivity index (χ4n) is 1.86. The van der Waals surface area contributed by atoms with Gasteiger partial charge < -0.3 is 0 Å². The van der Waals surface area contributed by atoms with E-state index in [9.17, 15) is 4.39 Å². The van der Waals surface area contributed by atoms with E-state index in [1.807, 2.05) is 0 Å². The predicted molar refractivity (Wildman–Crippen MR) is 72.6 cm³/mol. The van der Waals surface area contributed by atoms with Crippen molar-refractivity contribution in [1.82, 2.24) is 19.8 Å². The van der Waals surface area contributed by atoms with Crippen molar-refractivity contribution in [1.29, 1.82) is 0 Å². The number of rotatable bonds is 3. The van der Waals surface area contributed by atoms with E-state index >= 15 is 0 Å². The van der Waals surface area contributed by atoms with Crippen LogP contribution in [0.2, 0.25) is 0 Å². The molecule has 3 aromatic rings. The van der Waals surface area contributed by atoms with E-state index in [-0.39, 0.29) is 5.82 Å². The largest absolute Gasteiger partial charge is 0.234 e. The van der Waals surface area contributed by atoms with E-state index in [4.69, 9.17) is 0 Å². The Kier molecular flexibility index (Phi) is 3.02. The SMILES string of the molecule is CC(C)Cc1nnc2sc(-c3ccc(F)cc3)nn12. The second kappa shape index (κ2) is 4.70. The number of halogens is 1. The second-order valence-electron chi connectivity index (χ2n) is 4.82. The summed E-state index contributed by atoms with van der Waals surface area (Å²) in [4.78, 5) is 0.773. The van der Waals surface area contributed by atoms with E-state index < -0.39 is 0 Å². The third kappa shape index (κ3) is 2.35. The van der Waals surface area contributed by atoms with Crippen LogP contribution < -0.4 is 0 Å². The Bertz CT molecular complexity index is 699. The van der Waals surface area contributed by atoms with Gasteiger partial charge >= 0.3 is 0 Å². The molecule has 0 radical (unpaired) electrons. The first kappa shape index (κ1) is 12.2. The van der Waals surface area contributed by atoms with Gasteiger partial charge in [-0.15, -0.1) is 10.2 Å². The van der Waals surface area contributed by atoms with Crippen LogP contribution in [-0.4, -0.2) is 19.8 Å². The Morgan fingerprint density at radius 3 is 2.63 bits per heavy atom. The molecule has 98 valence electrons. The van der Waals surface area contributed by atoms with Crippen LogP contribution in [0.25, 0.3) is 15.5 Å². The predicted octanol–water partition coefficient (Wildman–Crippen LogP) is 3.19. The lowest BCUT2D eigenvalue weighted by Gasteiger charge is -1.99. The first-order chi connectivity index (χ1) is 9.13. The maximum atomic E-state index is 12.9. The summed E-state index contributed by atoms with van der Waals surface area (Å²) in [6.07, 6.45) is 0.841. The van der Waals surface area contributed by atoms with Crippen LogP contribution in [0, 0.1) is 11.7 Å². The van der Waals surface area contributed by atoms with E-state index in [0.717, 1.165) is 27.8 Å². The molecule has 0 amide bonds. The normalized spacial score (nSPS) is 11.6. The van der Waals surface area contributed by atoms with Gasteiger partial charge in [0, 0.05) is 12.0 Å². The van der Waals surface area contributed by atoms with Crippen molar-refractivity contribution in [3.63, 3.8) is 0 Å². The molecule has 6 heteroatoms. The molecule has 0 spiro atoms. The number of fused-ring (bicyclic) bond motifs is 1. The smallest absolute Gasteiger partial charge is 0.207 e. The molecule has 0 aliphatic rings. The van der Waals surface area contributed by atoms with Gasteiger partial charge in [0.1, 0.15) is 10.8 Å². The first-order valence-electron chi connectivity index (χ1n) is 6.10. The van der Waals surface area contributed by atoms with E-state index in [0.29, 0.717) is 5.92 Å². The number of benzene rings is 1. The minimum atomic E-state index is -0.243. The minimum absolute atomic E-state index is 0.243. The fraction of sp³-hybridized carbons (Fsp3) is 0.308. The van der Waals surface area contributed by atoms with Gasteiger partial charge in [0.05, 0.1) is 0 Å². The van der Waals surface area contributed by atoms with Crippen LogP contribution >= 0.6 is 11.3 Å². The Labute approximate surface area is 113 Å². The quantitative estimate of drug-likeness (QED) is 0.738. The number of aromatic nitrogens is 4. The van der Waals surface area contributed by atoms with Crippen LogP contribution in [-0.2, 0) is 6.42 Å². The van der Waals surface area contributed by atoms with Gasteiger partial charge in [0.25, 0.3) is 0 Å². The van der Waals surface area contributed by atoms with Gasteiger partial charge in [-0.05, 0) is 30.2 Å². The summed E-state index contributed by atoms with van der Waals surface area (Å²) in [5, 5.41) is 13.6. The molecule has 0 saturated heterocycles. The zero-order valence-electron chi connectivity index (χ0n) is 10.7. The molecule has 3 rings (SSSR count). The van der Waals surface area contributed by atoms with E-state index in [2.05, 4.69) is 29.1 Å². The third-order valence-corrected chi connectivity index (χ3v) is 3.69. The Balaban J connectivity index is 2.02. The van der Waals surface area contributed by atoms with Crippen molar-refractivity contribution in [3.8, 4) is 10.6 Å². The number of hydrogen-bond acceptors (Lipinski definition) is 4. The van der Waals surface area contributed by atoms with Crippen molar-refractivity contribution in [3.05, 3.63) is 35.9 Å². The Morgan fingerprint density at radius 2 is 1.95 bits per heavy atom. The Morgan fingerprint density at radius 1 is 1.21 bits per heavy atom. The highest BCUT2D eigenvalue weighted by Gasteiger charge is 2.13. The fourth-order valence-corrected chi connectivity index (χ4v) is 2.72. The Hall–Kier alpha value is -1.82. The van der Waals surface area contributed by atoms with Gasteiger partial charge in [-0.1, -0.05) is 25.2 Å². The van der Waals surface area contributed by atoms with Gasteiger partial charge in [-0.3, -0.25) is 0 Å². The molecule has 2 heterocycles. The van der Waals surface area contributed by atoms with Crippen molar-refractivity contribution in [2.45, 2.75) is 20.3 Å². The lowest BCUT2D eigenvalue weighted by Crippen LogP contribution is -2.01. The summed E-state index contributed by atoms with van der Waals surface area (Å²) in [7, 11) is 0. The molecular weight excluding hydrogens is 263 g/mol. The van der Waals surface area contributed by atoms with Crippen molar-refractivity contribution < 1.29 is 4.39 Å². The van der Waals surface area contributed by atoms with E-state index in [1.165, 1.54) is 23.5 Å². The topological polar surface area (TPSA) is 43.1 Å². The molecule has 0 aliphatic carbocycles. The number of hydrogen-bond donors (Lipinski definition) is 0. The molecule has 0 N–H and O–H groups in total.